The van der Waals surface area contributed by atoms with Gasteiger partial charge >= 0.3 is 5.97 Å². The zero-order chi connectivity index (χ0) is 25.5. The van der Waals surface area contributed by atoms with Crippen LogP contribution in [0.3, 0.4) is 0 Å². The van der Waals surface area contributed by atoms with Crippen molar-refractivity contribution in [2.75, 3.05) is 41.7 Å². The topological polar surface area (TPSA) is 248 Å². The average molecular weight is 606 g/mol. The Bertz CT molecular complexity index is 1060. The highest BCUT2D eigenvalue weighted by molar-refractivity contribution is 14.1. The van der Waals surface area contributed by atoms with Crippen molar-refractivity contribution in [3.63, 3.8) is 0 Å². The van der Waals surface area contributed by atoms with Crippen molar-refractivity contribution in [3.05, 3.63) is 16.8 Å². The largest absolute Gasteiger partial charge is 0.476 e. The van der Waals surface area contributed by atoms with Crippen LogP contribution in [-0.4, -0.2) is 95.9 Å². The van der Waals surface area contributed by atoms with Crippen LogP contribution in [-0.2, 0) is 9.53 Å². The Kier molecular flexibility index (Phi) is 9.61. The number of unbranched alkanes of at least 4 members (excludes halogenated alkanes) is 1. The summed E-state index contributed by atoms with van der Waals surface area (Å²) in [6.07, 6.45) is -3.27. The highest BCUT2D eigenvalue weighted by Crippen LogP contribution is 2.34. The van der Waals surface area contributed by atoms with E-state index in [4.69, 9.17) is 21.7 Å². The minimum Gasteiger partial charge on any atom is -0.476 e. The minimum absolute atomic E-state index is 0.0666. The van der Waals surface area contributed by atoms with E-state index in [1.165, 1.54) is 10.9 Å². The van der Waals surface area contributed by atoms with Crippen LogP contribution in [0.5, 0.6) is 0 Å². The zero-order valence-electron chi connectivity index (χ0n) is 18.7. The van der Waals surface area contributed by atoms with E-state index in [0.29, 0.717) is 58.9 Å². The van der Waals surface area contributed by atoms with E-state index in [9.17, 15) is 20.1 Å². The van der Waals surface area contributed by atoms with Crippen LogP contribution in [0.1, 0.15) is 19.1 Å². The molecule has 1 aliphatic rings. The molecule has 35 heavy (non-hydrogen) atoms. The number of aliphatic hydroxyl groups is 2. The predicted molar refractivity (Wildman–Crippen MR) is 133 cm³/mol. The molecular weight excluding hydrogens is 577 g/mol. The van der Waals surface area contributed by atoms with Gasteiger partial charge in [-0.2, -0.15) is 0 Å². The van der Waals surface area contributed by atoms with Crippen molar-refractivity contribution in [2.24, 2.45) is 10.8 Å². The first kappa shape index (κ1) is 27.1. The van der Waals surface area contributed by atoms with Crippen molar-refractivity contribution in [1.29, 1.82) is 0 Å². The van der Waals surface area contributed by atoms with Crippen LogP contribution in [0, 0.1) is 0 Å². The Balaban J connectivity index is 1.85. The number of imidazole rings is 1. The van der Waals surface area contributed by atoms with Gasteiger partial charge in [0, 0.05) is 22.4 Å². The molecule has 3 rings (SSSR count). The summed E-state index contributed by atoms with van der Waals surface area (Å²) in [6, 6.07) is 0. The second kappa shape index (κ2) is 12.4. The summed E-state index contributed by atoms with van der Waals surface area (Å²) >= 11 is 2.12. The molecule has 2 unspecified atom stereocenters. The number of fused-ring (bicyclic) bond motifs is 1. The predicted octanol–water partition coefficient (Wildman–Crippen LogP) is -1.78. The molecule has 9 N–H and O–H groups in total. The molecule has 0 spiro atoms. The summed E-state index contributed by atoms with van der Waals surface area (Å²) in [5.74, 6) is -0.740. The number of azide groups is 1. The van der Waals surface area contributed by atoms with Gasteiger partial charge in [-0.15, -0.1) is 0 Å². The molecule has 0 radical (unpaired) electrons. The number of rotatable bonds is 13. The van der Waals surface area contributed by atoms with E-state index in [-0.39, 0.29) is 12.4 Å². The maximum atomic E-state index is 11.4. The van der Waals surface area contributed by atoms with Crippen LogP contribution < -0.4 is 21.7 Å². The van der Waals surface area contributed by atoms with Crippen molar-refractivity contribution in [3.8, 4) is 0 Å². The Hall–Kier alpha value is -2.54. The summed E-state index contributed by atoms with van der Waals surface area (Å²) in [6.45, 7) is 1.33. The molecule has 1 aliphatic heterocycles. The second-order valence-electron chi connectivity index (χ2n) is 7.99. The highest BCUT2D eigenvalue weighted by Gasteiger charge is 2.47. The lowest BCUT2D eigenvalue weighted by Gasteiger charge is -2.26. The molecule has 1 saturated heterocycles. The number of carboxylic acids is 1. The average Bonchev–Trinajstić information content (AvgIpc) is 3.33. The second-order valence-corrected chi connectivity index (χ2v) is 9.07. The highest BCUT2D eigenvalue weighted by atomic mass is 127. The molecule has 0 amide bonds. The number of nitrogens with one attached hydrogen (secondary N) is 2. The van der Waals surface area contributed by atoms with Gasteiger partial charge in [-0.05, 0) is 18.4 Å². The third-order valence-electron chi connectivity index (χ3n) is 5.71. The maximum Gasteiger partial charge on any atom is 0.378 e. The smallest absolute Gasteiger partial charge is 0.378 e. The number of hydrogen-bond acceptors (Lipinski definition) is 11. The lowest BCUT2D eigenvalue weighted by Crippen LogP contribution is -3.20. The summed E-state index contributed by atoms with van der Waals surface area (Å²) in [7, 11) is 0. The lowest BCUT2D eigenvalue weighted by molar-refractivity contribution is -0.917. The third-order valence-corrected chi connectivity index (χ3v) is 6.25. The molecule has 16 nitrogen and oxygen atoms in total. The number of aliphatic hydroxyl groups excluding tert-OH is 2. The van der Waals surface area contributed by atoms with Gasteiger partial charge in [0.2, 0.25) is 12.1 Å². The molecule has 1 fully saturated rings. The van der Waals surface area contributed by atoms with Gasteiger partial charge < -0.3 is 36.0 Å². The van der Waals surface area contributed by atoms with E-state index < -0.39 is 36.7 Å². The third kappa shape index (κ3) is 6.18. The molecule has 0 saturated carbocycles. The van der Waals surface area contributed by atoms with Crippen LogP contribution >= 0.6 is 22.6 Å². The quantitative estimate of drug-likeness (QED) is 0.0255. The zero-order valence-corrected chi connectivity index (χ0v) is 20.9. The van der Waals surface area contributed by atoms with Gasteiger partial charge in [0.1, 0.15) is 31.2 Å². The van der Waals surface area contributed by atoms with Crippen molar-refractivity contribution in [1.82, 2.24) is 19.5 Å². The Morgan fingerprint density at radius 2 is 2.17 bits per heavy atom. The lowest BCUT2D eigenvalue weighted by atomic mass is 10.1. The molecule has 17 heteroatoms. The van der Waals surface area contributed by atoms with E-state index in [0.717, 1.165) is 0 Å². The molecule has 6 atom stereocenters. The summed E-state index contributed by atoms with van der Waals surface area (Å²) in [4.78, 5) is 27.3. The molecule has 2 aromatic rings. The number of aliphatic carboxylic acids is 1. The van der Waals surface area contributed by atoms with Gasteiger partial charge in [-0.25, -0.2) is 19.7 Å². The normalized spacial score (nSPS) is 23.7. The Labute approximate surface area is 213 Å². The van der Waals surface area contributed by atoms with Crippen molar-refractivity contribution in [2.45, 2.75) is 43.5 Å². The number of anilines is 2. The SMILES string of the molecule is [N-]=[N+]=NCCCCNc1nc2c(N)ncnc2n1[C@@H]1O[C@H](C[NH+](CCI)[C@H](N)C(=O)O)C(O)[C@@H]1O. The van der Waals surface area contributed by atoms with E-state index in [1.54, 1.807) is 0 Å². The van der Waals surface area contributed by atoms with Crippen molar-refractivity contribution >= 4 is 51.5 Å². The first-order valence-corrected chi connectivity index (χ1v) is 12.5. The first-order valence-electron chi connectivity index (χ1n) is 10.9. The molecule has 192 valence electrons. The van der Waals surface area contributed by atoms with Crippen molar-refractivity contribution < 1.29 is 29.8 Å². The van der Waals surface area contributed by atoms with E-state index in [1.807, 2.05) is 0 Å². The summed E-state index contributed by atoms with van der Waals surface area (Å²) < 4.78 is 8.18. The van der Waals surface area contributed by atoms with E-state index >= 15 is 0 Å². The number of alkyl halides is 1. The monoisotopic (exact) mass is 606 g/mol. The van der Waals surface area contributed by atoms with Gasteiger partial charge in [0.15, 0.2) is 23.2 Å². The van der Waals surface area contributed by atoms with Crippen LogP contribution in [0.2, 0.25) is 0 Å². The fourth-order valence-corrected chi connectivity index (χ4v) is 4.59. The number of ether oxygens (including phenoxy) is 1. The summed E-state index contributed by atoms with van der Waals surface area (Å²) in [5, 5.41) is 37.6. The molecule has 2 aromatic heterocycles. The molecule has 3 heterocycles. The minimum atomic E-state index is -1.36. The number of nitrogens with zero attached hydrogens (tertiary/aromatic N) is 7. The number of nitrogens with two attached hydrogens (primary N) is 2. The van der Waals surface area contributed by atoms with Crippen LogP contribution in [0.4, 0.5) is 11.8 Å². The van der Waals surface area contributed by atoms with Gasteiger partial charge in [0.25, 0.3) is 0 Å². The van der Waals surface area contributed by atoms with E-state index in [2.05, 4.69) is 52.9 Å². The fraction of sp³-hybridized carbons (Fsp3) is 0.667. The number of aromatic nitrogens is 4. The number of carboxylic acid groups (broad SMARTS) is 1. The number of hydrogen-bond donors (Lipinski definition) is 7. The standard InChI is InChI=1S/C18H28IN11O5/c19-3-6-29(14(21)17(33)34)7-9-11(31)12(32)16(35-9)30-15-10(13(20)24-8-25-15)27-18(30)23-4-1-2-5-26-28-22/h8-9,11-12,14,16,31-32H,1-7,21H2,(H,23,27)(H,33,34)(H2,20,24,25)/p+1/t9-,11?,12+,14+,16-/m1/s1. The van der Waals surface area contributed by atoms with Gasteiger partial charge in [-0.3, -0.25) is 10.3 Å². The number of halogens is 1. The molecule has 0 aliphatic carbocycles. The maximum absolute atomic E-state index is 11.4. The number of carbonyl (C=O) groups is 1. The van der Waals surface area contributed by atoms with Gasteiger partial charge in [-0.1, -0.05) is 27.7 Å². The molecular formula is C18H29IN11O5+. The Morgan fingerprint density at radius 3 is 2.86 bits per heavy atom. The fourth-order valence-electron chi connectivity index (χ4n) is 3.89. The first-order chi connectivity index (χ1) is 16.8. The van der Waals surface area contributed by atoms with Crippen LogP contribution in [0.25, 0.3) is 21.6 Å². The number of nitrogen functional groups attached to an aromatic ring is 1. The summed E-state index contributed by atoms with van der Waals surface area (Å²) in [5.41, 5.74) is 20.8. The van der Waals surface area contributed by atoms with Crippen LogP contribution in [0.15, 0.2) is 11.4 Å². The Morgan fingerprint density at radius 1 is 1.40 bits per heavy atom. The molecule has 0 aromatic carbocycles. The van der Waals surface area contributed by atoms with Gasteiger partial charge in [0.05, 0.1) is 6.54 Å². The number of quaternary nitrogens is 1. The molecule has 0 bridgehead atoms.